The number of β-amino-alcohol motifs (C(OH)–C–C–N with tert-alkyl or cyclic N) is 1. The van der Waals surface area contributed by atoms with Crippen LogP contribution in [0.4, 0.5) is 5.69 Å². The topological polar surface area (TPSA) is 57.5 Å². The van der Waals surface area contributed by atoms with Crippen LogP contribution in [0.3, 0.4) is 0 Å². The summed E-state index contributed by atoms with van der Waals surface area (Å²) in [7, 11) is 1.71. The second-order valence-electron chi connectivity index (χ2n) is 8.76. The van der Waals surface area contributed by atoms with E-state index in [4.69, 9.17) is 9.57 Å². The van der Waals surface area contributed by atoms with Crippen LogP contribution in [0.5, 0.6) is 5.75 Å². The van der Waals surface area contributed by atoms with Crippen LogP contribution in [0.2, 0.25) is 0 Å². The minimum atomic E-state index is -0.565. The lowest BCUT2D eigenvalue weighted by atomic mass is 10.0. The third-order valence-corrected chi connectivity index (χ3v) is 6.67. The van der Waals surface area contributed by atoms with Crippen LogP contribution < -0.4 is 9.64 Å². The number of anilines is 1. The molecule has 3 aromatic carbocycles. The number of oxime groups is 1. The molecule has 1 heterocycles. The molecule has 0 radical (unpaired) electrons. The Hall–Kier alpha value is -2.80. The van der Waals surface area contributed by atoms with Gasteiger partial charge in [0.25, 0.3) is 0 Å². The minimum Gasteiger partial charge on any atom is -0.495 e. The Kier molecular flexibility index (Phi) is 7.93. The fourth-order valence-corrected chi connectivity index (χ4v) is 4.96. The van der Waals surface area contributed by atoms with Crippen molar-refractivity contribution in [3.63, 3.8) is 0 Å². The lowest BCUT2D eigenvalue weighted by molar-refractivity contribution is 0.0180. The zero-order valence-electron chi connectivity index (χ0n) is 19.5. The van der Waals surface area contributed by atoms with Gasteiger partial charge in [0.15, 0.2) is 0 Å². The number of nitrogens with zero attached hydrogens (tertiary/aromatic N) is 3. The second kappa shape index (κ2) is 11.1. The number of methoxy groups -OCH3 is 1. The van der Waals surface area contributed by atoms with E-state index in [0.29, 0.717) is 6.54 Å². The lowest BCUT2D eigenvalue weighted by Crippen LogP contribution is -2.49. The molecule has 34 heavy (non-hydrogen) atoms. The molecule has 1 aliphatic carbocycles. The molecule has 0 bridgehead atoms. The summed E-state index contributed by atoms with van der Waals surface area (Å²) in [6.07, 6.45) is 1.30. The normalized spacial score (nSPS) is 17.9. The van der Waals surface area contributed by atoms with E-state index in [-0.39, 0.29) is 19.0 Å². The molecule has 1 fully saturated rings. The van der Waals surface area contributed by atoms with Gasteiger partial charge >= 0.3 is 0 Å². The molecule has 1 aliphatic heterocycles. The van der Waals surface area contributed by atoms with Crippen molar-refractivity contribution < 1.29 is 14.7 Å². The molecule has 1 atom stereocenters. The van der Waals surface area contributed by atoms with E-state index < -0.39 is 6.10 Å². The third-order valence-electron chi connectivity index (χ3n) is 6.67. The predicted molar refractivity (Wildman–Crippen MR) is 140 cm³/mol. The first-order valence-electron chi connectivity index (χ1n) is 11.7. The zero-order chi connectivity index (χ0) is 22.6. The Balaban J connectivity index is 0.00000274. The van der Waals surface area contributed by atoms with Gasteiger partial charge in [0.05, 0.1) is 18.5 Å². The molecule has 2 aliphatic rings. The minimum absolute atomic E-state index is 0. The summed E-state index contributed by atoms with van der Waals surface area (Å²) in [5.41, 5.74) is 4.64. The monoisotopic (exact) mass is 481 g/mol. The molecular weight excluding hydrogens is 450 g/mol. The number of aliphatic hydroxyl groups excluding tert-OH is 1. The average Bonchev–Trinajstić information content (AvgIpc) is 3.28. The van der Waals surface area contributed by atoms with E-state index in [0.717, 1.165) is 56.2 Å². The van der Waals surface area contributed by atoms with Crippen LogP contribution in [-0.2, 0) is 11.3 Å². The number of hydrogen-bond acceptors (Lipinski definition) is 6. The maximum absolute atomic E-state index is 10.5. The van der Waals surface area contributed by atoms with Gasteiger partial charge in [-0.15, -0.1) is 12.4 Å². The highest BCUT2D eigenvalue weighted by Gasteiger charge is 2.23. The molecule has 6 nitrogen and oxygen atoms in total. The Morgan fingerprint density at radius 1 is 0.941 bits per heavy atom. The molecule has 0 saturated carbocycles. The van der Waals surface area contributed by atoms with Crippen LogP contribution in [0.15, 0.2) is 65.8 Å². The molecule has 0 spiro atoms. The number of fused-ring (bicyclic) bond motifs is 3. The SMILES string of the molecule is COc1ccccc1N1CCN(CC(O)CO/N=C2\CCc3c2ccc2ccccc32)CC1.Cl. The molecule has 3 aromatic rings. The Bertz CT molecular complexity index is 1140. The van der Waals surface area contributed by atoms with Crippen molar-refractivity contribution in [3.05, 3.63) is 71.8 Å². The molecule has 5 rings (SSSR count). The van der Waals surface area contributed by atoms with Gasteiger partial charge in [0, 0.05) is 38.3 Å². The fourth-order valence-electron chi connectivity index (χ4n) is 4.96. The zero-order valence-corrected chi connectivity index (χ0v) is 20.3. The second-order valence-corrected chi connectivity index (χ2v) is 8.76. The number of ether oxygens (including phenoxy) is 1. The van der Waals surface area contributed by atoms with Crippen LogP contribution in [0, 0.1) is 0 Å². The van der Waals surface area contributed by atoms with Crippen molar-refractivity contribution in [1.82, 2.24) is 4.90 Å². The maximum Gasteiger partial charge on any atom is 0.144 e. The highest BCUT2D eigenvalue weighted by Crippen LogP contribution is 2.30. The van der Waals surface area contributed by atoms with Gasteiger partial charge in [-0.1, -0.05) is 53.7 Å². The quantitative estimate of drug-likeness (QED) is 0.514. The van der Waals surface area contributed by atoms with Crippen molar-refractivity contribution in [2.24, 2.45) is 5.16 Å². The highest BCUT2D eigenvalue weighted by atomic mass is 35.5. The van der Waals surface area contributed by atoms with Crippen molar-refractivity contribution >= 4 is 34.6 Å². The van der Waals surface area contributed by atoms with Gasteiger partial charge in [-0.25, -0.2) is 0 Å². The lowest BCUT2D eigenvalue weighted by Gasteiger charge is -2.37. The van der Waals surface area contributed by atoms with E-state index in [1.165, 1.54) is 21.9 Å². The number of aliphatic hydroxyl groups is 1. The molecule has 1 N–H and O–H groups in total. The van der Waals surface area contributed by atoms with Gasteiger partial charge in [-0.3, -0.25) is 4.90 Å². The highest BCUT2D eigenvalue weighted by molar-refractivity contribution is 6.08. The summed E-state index contributed by atoms with van der Waals surface area (Å²) in [4.78, 5) is 10.2. The standard InChI is InChI=1S/C27H31N3O3.ClH/c1-32-27-9-5-4-8-26(27)30-16-14-29(15-17-30)18-21(31)19-33-28-25-13-12-23-22-7-3-2-6-20(22)10-11-24(23)25;/h2-11,21,31H,12-19H2,1H3;1H/b28-25+;. The Morgan fingerprint density at radius 3 is 2.53 bits per heavy atom. The van der Waals surface area contributed by atoms with E-state index in [2.05, 4.69) is 57.4 Å². The number of para-hydroxylation sites is 2. The number of halogens is 1. The third kappa shape index (κ3) is 5.14. The Morgan fingerprint density at radius 2 is 1.71 bits per heavy atom. The number of rotatable bonds is 7. The summed E-state index contributed by atoms with van der Waals surface area (Å²) < 4.78 is 5.50. The number of aryl methyl sites for hydroxylation is 1. The van der Waals surface area contributed by atoms with E-state index in [9.17, 15) is 5.11 Å². The van der Waals surface area contributed by atoms with E-state index in [1.54, 1.807) is 7.11 Å². The van der Waals surface area contributed by atoms with Gasteiger partial charge in [0.2, 0.25) is 0 Å². The molecule has 7 heteroatoms. The smallest absolute Gasteiger partial charge is 0.144 e. The molecule has 1 unspecified atom stereocenters. The average molecular weight is 482 g/mol. The van der Waals surface area contributed by atoms with Crippen molar-refractivity contribution in [1.29, 1.82) is 0 Å². The van der Waals surface area contributed by atoms with Crippen LogP contribution in [0.25, 0.3) is 10.8 Å². The van der Waals surface area contributed by atoms with Gasteiger partial charge < -0.3 is 19.6 Å². The first kappa shape index (κ1) is 24.3. The van der Waals surface area contributed by atoms with Crippen molar-refractivity contribution in [2.75, 3.05) is 51.3 Å². The van der Waals surface area contributed by atoms with Gasteiger partial charge in [0.1, 0.15) is 18.5 Å². The maximum atomic E-state index is 10.5. The van der Waals surface area contributed by atoms with Crippen LogP contribution in [0.1, 0.15) is 17.5 Å². The summed E-state index contributed by atoms with van der Waals surface area (Å²) in [5, 5.41) is 17.5. The molecule has 0 aromatic heterocycles. The van der Waals surface area contributed by atoms with E-state index >= 15 is 0 Å². The molecule has 1 saturated heterocycles. The first-order chi connectivity index (χ1) is 16.2. The van der Waals surface area contributed by atoms with Crippen molar-refractivity contribution in [2.45, 2.75) is 18.9 Å². The number of hydrogen-bond donors (Lipinski definition) is 1. The molecule has 180 valence electrons. The molecular formula is C27H32ClN3O3. The van der Waals surface area contributed by atoms with E-state index in [1.807, 2.05) is 18.2 Å². The summed E-state index contributed by atoms with van der Waals surface area (Å²) in [5.74, 6) is 0.903. The van der Waals surface area contributed by atoms with Gasteiger partial charge in [-0.05, 0) is 41.3 Å². The Labute approximate surface area is 207 Å². The first-order valence-corrected chi connectivity index (χ1v) is 11.7. The summed E-state index contributed by atoms with van der Waals surface area (Å²) in [6.45, 7) is 4.39. The summed E-state index contributed by atoms with van der Waals surface area (Å²) in [6, 6.07) is 20.9. The summed E-state index contributed by atoms with van der Waals surface area (Å²) >= 11 is 0. The fraction of sp³-hybridized carbons (Fsp3) is 0.370. The number of piperazine rings is 1. The number of benzene rings is 3. The van der Waals surface area contributed by atoms with Crippen LogP contribution >= 0.6 is 12.4 Å². The largest absolute Gasteiger partial charge is 0.495 e. The van der Waals surface area contributed by atoms with Crippen LogP contribution in [-0.4, -0.2) is 68.3 Å². The molecule has 0 amide bonds. The van der Waals surface area contributed by atoms with Gasteiger partial charge in [-0.2, -0.15) is 0 Å². The van der Waals surface area contributed by atoms with Crippen molar-refractivity contribution in [3.8, 4) is 5.75 Å². The predicted octanol–water partition coefficient (Wildman–Crippen LogP) is 4.12.